The summed E-state index contributed by atoms with van der Waals surface area (Å²) in [6, 6.07) is 5.37. The van der Waals surface area contributed by atoms with Gasteiger partial charge in [0.05, 0.1) is 12.2 Å². The van der Waals surface area contributed by atoms with Crippen molar-refractivity contribution in [3.05, 3.63) is 77.4 Å². The number of ether oxygens (including phenoxy) is 3. The Morgan fingerprint density at radius 1 is 0.903 bits per heavy atom. The molecule has 342 valence electrons. The second-order valence-electron chi connectivity index (χ2n) is 18.0. The number of aliphatic hydroxyl groups is 3. The Balaban J connectivity index is 1.70. The van der Waals surface area contributed by atoms with Crippen LogP contribution in [-0.4, -0.2) is 111 Å². The highest BCUT2D eigenvalue weighted by Crippen LogP contribution is 2.36. The van der Waals surface area contributed by atoms with Crippen LogP contribution in [0.1, 0.15) is 105 Å². The summed E-state index contributed by atoms with van der Waals surface area (Å²) in [6.45, 7) is 12.3. The van der Waals surface area contributed by atoms with Crippen LogP contribution in [0.25, 0.3) is 0 Å². The van der Waals surface area contributed by atoms with E-state index in [1.807, 2.05) is 26.0 Å². The molecule has 3 aliphatic rings. The van der Waals surface area contributed by atoms with Gasteiger partial charge in [-0.05, 0) is 99.5 Å². The van der Waals surface area contributed by atoms with Gasteiger partial charge in [-0.3, -0.25) is 19.2 Å². The van der Waals surface area contributed by atoms with Crippen molar-refractivity contribution in [3.63, 3.8) is 0 Å². The van der Waals surface area contributed by atoms with Crippen LogP contribution in [0.15, 0.2) is 71.9 Å². The van der Waals surface area contributed by atoms with Crippen molar-refractivity contribution in [1.82, 2.24) is 4.90 Å². The molecule has 3 heterocycles. The van der Waals surface area contributed by atoms with Gasteiger partial charge in [0.1, 0.15) is 35.9 Å². The first-order valence-electron chi connectivity index (χ1n) is 22.2. The molecule has 4 rings (SSSR count). The summed E-state index contributed by atoms with van der Waals surface area (Å²) in [5, 5.41) is 44.1. The van der Waals surface area contributed by atoms with Crippen molar-refractivity contribution in [2.45, 2.75) is 149 Å². The molecule has 1 amide bonds. The Morgan fingerprint density at radius 3 is 2.27 bits per heavy atom. The number of aliphatic hydroxyl groups excluding tert-OH is 2. The van der Waals surface area contributed by atoms with Crippen LogP contribution in [0, 0.1) is 29.6 Å². The average Bonchev–Trinajstić information content (AvgIpc) is 3.24. The van der Waals surface area contributed by atoms with Gasteiger partial charge in [0.25, 0.3) is 11.7 Å². The van der Waals surface area contributed by atoms with Gasteiger partial charge < -0.3 is 39.5 Å². The van der Waals surface area contributed by atoms with Crippen molar-refractivity contribution >= 4 is 29.2 Å². The molecule has 13 nitrogen and oxygen atoms in total. The lowest BCUT2D eigenvalue weighted by Gasteiger charge is -2.42. The number of phenolic OH excluding ortho intramolecular Hbond substituents is 1. The number of cyclic esters (lactones) is 1. The zero-order chi connectivity index (χ0) is 45.9. The number of Topliss-reactive ketones (excluding diaryl/α,β-unsaturated/α-hetero) is 3. The largest absolute Gasteiger partial charge is 0.508 e. The third-order valence-corrected chi connectivity index (χ3v) is 12.8. The Hall–Kier alpha value is -4.27. The number of nitrogens with zero attached hydrogens (tertiary/aromatic N) is 1. The number of amides is 1. The summed E-state index contributed by atoms with van der Waals surface area (Å²) < 4.78 is 17.7. The molecular weight excluding hydrogens is 795 g/mol. The maximum absolute atomic E-state index is 14.2. The zero-order valence-corrected chi connectivity index (χ0v) is 37.7. The fourth-order valence-electron chi connectivity index (χ4n) is 8.64. The predicted molar refractivity (Wildman–Crippen MR) is 233 cm³/mol. The lowest BCUT2D eigenvalue weighted by atomic mass is 9.85. The second kappa shape index (κ2) is 22.9. The second-order valence-corrected chi connectivity index (χ2v) is 18.0. The first kappa shape index (κ1) is 50.4. The number of piperidine rings is 1. The highest BCUT2D eigenvalue weighted by molar-refractivity contribution is 6.39. The third-order valence-electron chi connectivity index (χ3n) is 12.8. The number of aromatic hydroxyl groups is 1. The summed E-state index contributed by atoms with van der Waals surface area (Å²) in [5.74, 6) is -8.45. The fraction of sp³-hybridized carbons (Fsp3) is 0.612. The van der Waals surface area contributed by atoms with Gasteiger partial charge in [-0.25, -0.2) is 4.79 Å². The van der Waals surface area contributed by atoms with E-state index < -0.39 is 83.7 Å². The highest BCUT2D eigenvalue weighted by atomic mass is 16.6. The third kappa shape index (κ3) is 13.1. The summed E-state index contributed by atoms with van der Waals surface area (Å²) in [6.07, 6.45) is 8.26. The monoisotopic (exact) mass is 863 g/mol. The number of phenols is 1. The number of rotatable bonds is 4. The van der Waals surface area contributed by atoms with E-state index >= 15 is 0 Å². The zero-order valence-electron chi connectivity index (χ0n) is 37.7. The van der Waals surface area contributed by atoms with E-state index in [1.54, 1.807) is 71.1 Å². The normalized spacial score (nSPS) is 36.6. The van der Waals surface area contributed by atoms with E-state index in [-0.39, 0.29) is 49.0 Å². The minimum Gasteiger partial charge on any atom is -0.508 e. The molecule has 0 aromatic heterocycles. The van der Waals surface area contributed by atoms with Gasteiger partial charge in [0.15, 0.2) is 5.78 Å². The van der Waals surface area contributed by atoms with Gasteiger partial charge in [-0.1, -0.05) is 83.2 Å². The molecule has 3 aliphatic heterocycles. The molecule has 13 heteroatoms. The maximum Gasteiger partial charge on any atom is 0.329 e. The molecule has 0 aliphatic carbocycles. The maximum atomic E-state index is 14.2. The van der Waals surface area contributed by atoms with Gasteiger partial charge in [0.2, 0.25) is 5.79 Å². The molecular formula is C49H69NO12. The smallest absolute Gasteiger partial charge is 0.329 e. The summed E-state index contributed by atoms with van der Waals surface area (Å²) in [7, 11) is 1.36. The molecule has 1 aromatic rings. The Bertz CT molecular complexity index is 1850. The van der Waals surface area contributed by atoms with Crippen molar-refractivity contribution in [2.75, 3.05) is 13.7 Å². The molecule has 0 spiro atoms. The van der Waals surface area contributed by atoms with Crippen LogP contribution in [-0.2, 0) is 44.6 Å². The van der Waals surface area contributed by atoms with E-state index in [0.717, 1.165) is 10.5 Å². The molecule has 2 bridgehead atoms. The van der Waals surface area contributed by atoms with Crippen LogP contribution < -0.4 is 0 Å². The number of fused-ring (bicyclic) bond motifs is 3. The topological polar surface area (TPSA) is 197 Å². The van der Waals surface area contributed by atoms with Crippen LogP contribution in [0.2, 0.25) is 0 Å². The minimum atomic E-state index is -2.49. The van der Waals surface area contributed by atoms with Gasteiger partial charge in [-0.2, -0.15) is 0 Å². The number of methoxy groups -OCH3 is 1. The van der Waals surface area contributed by atoms with Crippen LogP contribution in [0.3, 0.4) is 0 Å². The molecule has 0 unspecified atom stereocenters. The number of esters is 1. The molecule has 0 radical (unpaired) electrons. The first-order chi connectivity index (χ1) is 29.3. The molecule has 12 atom stereocenters. The van der Waals surface area contributed by atoms with Crippen molar-refractivity contribution < 1.29 is 58.6 Å². The van der Waals surface area contributed by atoms with Crippen molar-refractivity contribution in [2.24, 2.45) is 29.6 Å². The number of carbonyl (C=O) groups is 5. The SMILES string of the molecule is CO[C@H]1C(=O)[C@H](C)C[C@H](C)/C=C/C=C/C=C(\C)[C@@H](O)C[C@@H]2CC[C@@H](C)[C@@](O)(O2)C(=O)C(=O)N2CCCC[C@H]2C(=O)O[C@H]([C@H](C)Cc2ccc(O)cc2)CC(=O)[C@H](C)/C=C(\C)[C@H]1O. The van der Waals surface area contributed by atoms with E-state index in [2.05, 4.69) is 0 Å². The number of ketones is 3. The fourth-order valence-corrected chi connectivity index (χ4v) is 8.64. The number of allylic oxidation sites excluding steroid dienone is 6. The minimum absolute atomic E-state index is 0.00681. The van der Waals surface area contributed by atoms with Gasteiger partial charge >= 0.3 is 5.97 Å². The molecule has 1 aromatic carbocycles. The standard InChI is InChI=1S/C49H69NO12/c1-29-14-10-9-11-15-30(2)40(52)27-38-22-17-35(7)49(59,62-38)46(56)47(57)50-23-13-12-16-39(50)48(58)61-42(32(4)26-36-18-20-37(51)21-19-36)28-41(53)31(3)25-34(6)44(55)45(60-8)43(54)33(5)24-29/h9-11,14-15,18-21,25,29,31-33,35,38-40,42,44-45,51-52,55,59H,12-13,16-17,22-24,26-28H2,1-8H3/b11-9+,14-10+,30-15+,34-25+/t29-,31-,32-,33-,35-,38+,39+,40+,42+,44-,45+,49-/m1/s1. The lowest BCUT2D eigenvalue weighted by Crippen LogP contribution is -2.61. The highest BCUT2D eigenvalue weighted by Gasteiger charge is 2.53. The Morgan fingerprint density at radius 2 is 1.60 bits per heavy atom. The van der Waals surface area contributed by atoms with E-state index in [9.17, 15) is 44.4 Å². The number of hydrogen-bond donors (Lipinski definition) is 4. The number of benzene rings is 1. The predicted octanol–water partition coefficient (Wildman–Crippen LogP) is 5.91. The molecule has 2 saturated heterocycles. The summed E-state index contributed by atoms with van der Waals surface area (Å²) in [4.78, 5) is 71.0. The Labute approximate surface area is 366 Å². The summed E-state index contributed by atoms with van der Waals surface area (Å²) >= 11 is 0. The van der Waals surface area contributed by atoms with Gasteiger partial charge in [0, 0.05) is 44.2 Å². The lowest BCUT2D eigenvalue weighted by molar-refractivity contribution is -0.265. The van der Waals surface area contributed by atoms with Crippen LogP contribution in [0.4, 0.5) is 0 Å². The Kier molecular flexibility index (Phi) is 18.6. The quantitative estimate of drug-likeness (QED) is 0.159. The van der Waals surface area contributed by atoms with Crippen molar-refractivity contribution in [1.29, 1.82) is 0 Å². The summed E-state index contributed by atoms with van der Waals surface area (Å²) in [5.41, 5.74) is 1.81. The molecule has 4 N–H and O–H groups in total. The van der Waals surface area contributed by atoms with Gasteiger partial charge in [-0.15, -0.1) is 0 Å². The van der Waals surface area contributed by atoms with E-state index in [4.69, 9.17) is 14.2 Å². The number of carbonyl (C=O) groups excluding carboxylic acids is 5. The van der Waals surface area contributed by atoms with Crippen molar-refractivity contribution in [3.8, 4) is 5.75 Å². The molecule has 0 saturated carbocycles. The average molecular weight is 864 g/mol. The van der Waals surface area contributed by atoms with E-state index in [0.29, 0.717) is 49.7 Å². The van der Waals surface area contributed by atoms with Crippen LogP contribution >= 0.6 is 0 Å². The molecule has 2 fully saturated rings. The van der Waals surface area contributed by atoms with Crippen LogP contribution in [0.5, 0.6) is 5.75 Å². The first-order valence-corrected chi connectivity index (χ1v) is 22.2. The van der Waals surface area contributed by atoms with E-state index in [1.165, 1.54) is 19.2 Å². The molecule has 62 heavy (non-hydrogen) atoms. The number of hydrogen-bond acceptors (Lipinski definition) is 12.